The molecule has 6 nitrogen and oxygen atoms in total. The SMILES string of the molecule is O=C1/C(=C/C=C/C=C\C2=C(O)c3ccccc3S2(=O)=O)S(=O)(=O)c2ccccc21. The monoisotopic (exact) mass is 426 g/mol. The van der Waals surface area contributed by atoms with Crippen molar-refractivity contribution in [2.45, 2.75) is 9.79 Å². The first-order valence-electron chi connectivity index (χ1n) is 8.48. The van der Waals surface area contributed by atoms with Crippen molar-refractivity contribution in [2.24, 2.45) is 0 Å². The highest BCUT2D eigenvalue weighted by molar-refractivity contribution is 7.97. The Morgan fingerprint density at radius 2 is 1.31 bits per heavy atom. The smallest absolute Gasteiger partial charge is 0.211 e. The number of fused-ring (bicyclic) bond motifs is 2. The Labute approximate surface area is 167 Å². The molecule has 1 N–H and O–H groups in total. The van der Waals surface area contributed by atoms with Crippen LogP contribution in [0.1, 0.15) is 15.9 Å². The van der Waals surface area contributed by atoms with E-state index < -0.39 is 25.5 Å². The number of carbonyl (C=O) groups is 1. The largest absolute Gasteiger partial charge is 0.506 e. The van der Waals surface area contributed by atoms with Gasteiger partial charge in [-0.25, -0.2) is 16.8 Å². The van der Waals surface area contributed by atoms with Gasteiger partial charge in [-0.05, 0) is 36.4 Å². The van der Waals surface area contributed by atoms with Crippen LogP contribution in [0.2, 0.25) is 0 Å². The lowest BCUT2D eigenvalue weighted by Crippen LogP contribution is -2.01. The van der Waals surface area contributed by atoms with Crippen LogP contribution in [-0.4, -0.2) is 27.7 Å². The van der Waals surface area contributed by atoms with Gasteiger partial charge in [0.25, 0.3) is 0 Å². The first-order valence-corrected chi connectivity index (χ1v) is 11.4. The summed E-state index contributed by atoms with van der Waals surface area (Å²) in [5, 5.41) is 10.2. The van der Waals surface area contributed by atoms with E-state index >= 15 is 0 Å². The second-order valence-electron chi connectivity index (χ2n) is 6.32. The maximum Gasteiger partial charge on any atom is 0.211 e. The molecule has 0 fully saturated rings. The summed E-state index contributed by atoms with van der Waals surface area (Å²) in [5.41, 5.74) is 0.367. The standard InChI is InChI=1S/C21H14O6S2/c22-20-14-8-4-6-10-16(14)28(24,25)18(20)12-2-1-3-13-19-21(23)15-9-5-7-11-17(15)29(19,26)27/h1-13,22H/b3-1+,12-2-,19-13-. The number of Topliss-reactive ketones (excluding diaryl/α,β-unsaturated/α-hetero) is 1. The van der Waals surface area contributed by atoms with E-state index in [0.29, 0.717) is 0 Å². The minimum Gasteiger partial charge on any atom is -0.506 e. The fraction of sp³-hybridized carbons (Fsp3) is 0. The highest BCUT2D eigenvalue weighted by Crippen LogP contribution is 2.38. The van der Waals surface area contributed by atoms with E-state index in [0.717, 1.165) is 0 Å². The molecule has 0 aliphatic carbocycles. The van der Waals surface area contributed by atoms with Crippen LogP contribution in [0.5, 0.6) is 0 Å². The van der Waals surface area contributed by atoms with Gasteiger partial charge in [0.05, 0.1) is 9.79 Å². The number of hydrogen-bond acceptors (Lipinski definition) is 6. The third kappa shape index (κ3) is 2.88. The van der Waals surface area contributed by atoms with Gasteiger partial charge in [0, 0.05) is 11.1 Å². The lowest BCUT2D eigenvalue weighted by Gasteiger charge is -1.97. The number of hydrogen-bond donors (Lipinski definition) is 1. The van der Waals surface area contributed by atoms with Crippen molar-refractivity contribution in [3.63, 3.8) is 0 Å². The molecule has 29 heavy (non-hydrogen) atoms. The van der Waals surface area contributed by atoms with Crippen LogP contribution in [0.15, 0.2) is 98.5 Å². The molecule has 0 atom stereocenters. The lowest BCUT2D eigenvalue weighted by atomic mass is 10.1. The predicted octanol–water partition coefficient (Wildman–Crippen LogP) is 3.37. The molecule has 146 valence electrons. The van der Waals surface area contributed by atoms with Gasteiger partial charge in [0.1, 0.15) is 15.6 Å². The third-order valence-corrected chi connectivity index (χ3v) is 8.29. The molecule has 2 aliphatic rings. The van der Waals surface area contributed by atoms with Crippen molar-refractivity contribution in [1.29, 1.82) is 0 Å². The zero-order valence-electron chi connectivity index (χ0n) is 14.8. The summed E-state index contributed by atoms with van der Waals surface area (Å²) in [7, 11) is -7.69. The maximum absolute atomic E-state index is 12.5. The van der Waals surface area contributed by atoms with Gasteiger partial charge in [-0.2, -0.15) is 0 Å². The Balaban J connectivity index is 1.61. The summed E-state index contributed by atoms with van der Waals surface area (Å²) >= 11 is 0. The number of carbonyl (C=O) groups excluding carboxylic acids is 1. The van der Waals surface area contributed by atoms with Crippen LogP contribution >= 0.6 is 0 Å². The van der Waals surface area contributed by atoms with E-state index in [2.05, 4.69) is 0 Å². The van der Waals surface area contributed by atoms with Crippen molar-refractivity contribution in [2.75, 3.05) is 0 Å². The van der Waals surface area contributed by atoms with Gasteiger partial charge in [0.2, 0.25) is 25.5 Å². The minimum atomic E-state index is -3.87. The van der Waals surface area contributed by atoms with Crippen molar-refractivity contribution >= 4 is 31.2 Å². The van der Waals surface area contributed by atoms with Gasteiger partial charge < -0.3 is 5.11 Å². The zero-order valence-corrected chi connectivity index (χ0v) is 16.4. The van der Waals surface area contributed by atoms with Gasteiger partial charge in [0.15, 0.2) is 0 Å². The van der Waals surface area contributed by atoms with Crippen LogP contribution < -0.4 is 0 Å². The second kappa shape index (κ2) is 6.68. The molecule has 0 amide bonds. The second-order valence-corrected chi connectivity index (χ2v) is 10.1. The van der Waals surface area contributed by atoms with Crippen LogP contribution in [0, 0.1) is 0 Å². The van der Waals surface area contributed by atoms with E-state index in [4.69, 9.17) is 0 Å². The van der Waals surface area contributed by atoms with Crippen LogP contribution in [0.3, 0.4) is 0 Å². The summed E-state index contributed by atoms with van der Waals surface area (Å²) in [6, 6.07) is 12.1. The van der Waals surface area contributed by atoms with Crippen molar-refractivity contribution in [3.05, 3.63) is 99.8 Å². The molecule has 0 aromatic heterocycles. The molecular weight excluding hydrogens is 412 g/mol. The van der Waals surface area contributed by atoms with Crippen LogP contribution in [0.4, 0.5) is 0 Å². The molecular formula is C21H14O6S2. The van der Waals surface area contributed by atoms with Crippen molar-refractivity contribution in [1.82, 2.24) is 0 Å². The summed E-state index contributed by atoms with van der Waals surface area (Å²) in [6.07, 6.45) is 6.47. The molecule has 8 heteroatoms. The fourth-order valence-corrected chi connectivity index (χ4v) is 6.35. The number of allylic oxidation sites excluding steroid dienone is 6. The molecule has 0 spiro atoms. The number of benzene rings is 2. The molecule has 0 unspecified atom stereocenters. The summed E-state index contributed by atoms with van der Waals surface area (Å²) < 4.78 is 49.9. The first-order chi connectivity index (χ1) is 13.8. The average Bonchev–Trinajstić information content (AvgIpc) is 3.02. The molecule has 2 aromatic carbocycles. The summed E-state index contributed by atoms with van der Waals surface area (Å²) in [5.74, 6) is -0.920. The lowest BCUT2D eigenvalue weighted by molar-refractivity contribution is 0.104. The van der Waals surface area contributed by atoms with E-state index in [-0.39, 0.29) is 36.5 Å². The number of aliphatic hydroxyl groups is 1. The molecule has 0 saturated heterocycles. The molecule has 2 heterocycles. The zero-order chi connectivity index (χ0) is 20.8. The number of aliphatic hydroxyl groups excluding tert-OH is 1. The number of rotatable bonds is 3. The Hall–Kier alpha value is -3.23. The van der Waals surface area contributed by atoms with E-state index in [9.17, 15) is 26.7 Å². The predicted molar refractivity (Wildman–Crippen MR) is 107 cm³/mol. The average molecular weight is 426 g/mol. The molecule has 0 saturated carbocycles. The van der Waals surface area contributed by atoms with Gasteiger partial charge in [-0.15, -0.1) is 0 Å². The summed E-state index contributed by atoms with van der Waals surface area (Å²) in [6.45, 7) is 0. The van der Waals surface area contributed by atoms with E-state index in [1.54, 1.807) is 24.3 Å². The number of sulfone groups is 2. The fourth-order valence-electron chi connectivity index (χ4n) is 3.22. The van der Waals surface area contributed by atoms with Gasteiger partial charge in [-0.3, -0.25) is 4.79 Å². The minimum absolute atomic E-state index is 0.0231. The Morgan fingerprint density at radius 3 is 1.93 bits per heavy atom. The Morgan fingerprint density at radius 1 is 0.724 bits per heavy atom. The van der Waals surface area contributed by atoms with Gasteiger partial charge >= 0.3 is 0 Å². The molecule has 4 rings (SSSR count). The number of ketones is 1. The Kier molecular flexibility index (Phi) is 4.40. The molecule has 0 radical (unpaired) electrons. The first kappa shape index (κ1) is 19.1. The normalized spacial score (nSPS) is 20.7. The highest BCUT2D eigenvalue weighted by Gasteiger charge is 2.38. The van der Waals surface area contributed by atoms with Crippen LogP contribution in [-0.2, 0) is 19.7 Å². The quantitative estimate of drug-likeness (QED) is 0.596. The molecule has 0 bridgehead atoms. The molecule has 2 aliphatic heterocycles. The third-order valence-electron chi connectivity index (χ3n) is 4.61. The van der Waals surface area contributed by atoms with E-state index in [1.807, 2.05) is 0 Å². The maximum atomic E-state index is 12.5. The van der Waals surface area contributed by atoms with Crippen molar-refractivity contribution in [3.8, 4) is 0 Å². The Bertz CT molecular complexity index is 1390. The highest BCUT2D eigenvalue weighted by atomic mass is 32.2. The van der Waals surface area contributed by atoms with Crippen LogP contribution in [0.25, 0.3) is 5.76 Å². The molecule has 2 aromatic rings. The topological polar surface area (TPSA) is 106 Å². The van der Waals surface area contributed by atoms with Crippen molar-refractivity contribution < 1.29 is 26.7 Å². The summed E-state index contributed by atoms with van der Waals surface area (Å²) in [4.78, 5) is 11.7. The van der Waals surface area contributed by atoms with Gasteiger partial charge in [-0.1, -0.05) is 42.5 Å². The van der Waals surface area contributed by atoms with E-state index in [1.165, 1.54) is 54.6 Å².